The number of para-hydroxylation sites is 1. The fourth-order valence-electron chi connectivity index (χ4n) is 4.34. The second-order valence-electron chi connectivity index (χ2n) is 8.89. The number of esters is 1. The molecular weight excluding hydrogens is 541 g/mol. The third-order valence-electron chi connectivity index (χ3n) is 6.03. The molecule has 8 nitrogen and oxygen atoms in total. The van der Waals surface area contributed by atoms with E-state index in [2.05, 4.69) is 32.2 Å². The summed E-state index contributed by atoms with van der Waals surface area (Å²) >= 11 is 0. The molecule has 1 heterocycles. The third-order valence-corrected chi connectivity index (χ3v) is 6.03. The number of carbonyl (C=O) groups is 2. The Balaban J connectivity index is 0.000000355. The molecule has 3 aromatic rings. The van der Waals surface area contributed by atoms with Gasteiger partial charge in [0, 0.05) is 31.1 Å². The smallest absolute Gasteiger partial charge is 0.496 e. The molecule has 0 radical (unpaired) electrons. The zero-order valence-corrected chi connectivity index (χ0v) is 22.0. The molecule has 0 amide bonds. The molecule has 11 heteroatoms. The summed E-state index contributed by atoms with van der Waals surface area (Å²) in [5.74, 6) is -1.30. The average molecular weight is 577 g/mol. The Morgan fingerprint density at radius 2 is 1.71 bits per heavy atom. The molecule has 2 atom stereocenters. The first-order valence-electron chi connectivity index (χ1n) is 12.5. The van der Waals surface area contributed by atoms with Gasteiger partial charge in [0.15, 0.2) is 0 Å². The molecule has 1 saturated heterocycles. The number of carbonyl (C=O) groups excluding carboxylic acids is 1. The number of piperidine rings is 1. The molecule has 1 fully saturated rings. The van der Waals surface area contributed by atoms with Gasteiger partial charge in [0.1, 0.15) is 22.8 Å². The molecule has 4 rings (SSSR count). The summed E-state index contributed by atoms with van der Waals surface area (Å²) in [4.78, 5) is 21.2. The zero-order valence-electron chi connectivity index (χ0n) is 22.0. The molecule has 0 aromatic heterocycles. The van der Waals surface area contributed by atoms with Crippen molar-refractivity contribution in [2.24, 2.45) is 0 Å². The molecule has 0 saturated carbocycles. The maximum atomic E-state index is 12.5. The quantitative estimate of drug-likeness (QED) is 0.218. The maximum Gasteiger partial charge on any atom is 0.573 e. The van der Waals surface area contributed by atoms with Crippen LogP contribution in [0.1, 0.15) is 54.7 Å². The predicted octanol–water partition coefficient (Wildman–Crippen LogP) is 6.12. The fourth-order valence-corrected chi connectivity index (χ4v) is 4.34. The predicted molar refractivity (Wildman–Crippen MR) is 148 cm³/mol. The SMILES string of the molecule is C.CC(=O)Oc1ccccc1C(=O)O.COc1ccc(OC(F)(F)F)cc1CN[C@H]1CCCN[C@H]1c1ccccc1. The van der Waals surface area contributed by atoms with E-state index < -0.39 is 18.3 Å². The van der Waals surface area contributed by atoms with E-state index in [4.69, 9.17) is 9.84 Å². The van der Waals surface area contributed by atoms with Crippen LogP contribution in [0.5, 0.6) is 17.2 Å². The third kappa shape index (κ3) is 10.4. The number of hydrogen-bond donors (Lipinski definition) is 3. The van der Waals surface area contributed by atoms with Gasteiger partial charge in [-0.3, -0.25) is 4.79 Å². The van der Waals surface area contributed by atoms with E-state index in [9.17, 15) is 22.8 Å². The lowest BCUT2D eigenvalue weighted by Gasteiger charge is -2.34. The van der Waals surface area contributed by atoms with Gasteiger partial charge in [-0.15, -0.1) is 13.2 Å². The number of carboxylic acid groups (broad SMARTS) is 1. The maximum absolute atomic E-state index is 12.5. The molecule has 3 aromatic carbocycles. The minimum absolute atomic E-state index is 0. The first kappa shape index (κ1) is 33.1. The van der Waals surface area contributed by atoms with Crippen LogP contribution in [0, 0.1) is 0 Å². The van der Waals surface area contributed by atoms with Gasteiger partial charge in [-0.1, -0.05) is 49.9 Å². The molecule has 0 unspecified atom stereocenters. The topological polar surface area (TPSA) is 106 Å². The van der Waals surface area contributed by atoms with Crippen LogP contribution < -0.4 is 24.8 Å². The van der Waals surface area contributed by atoms with E-state index in [-0.39, 0.29) is 36.6 Å². The number of halogens is 3. The van der Waals surface area contributed by atoms with Crippen molar-refractivity contribution in [2.45, 2.75) is 52.2 Å². The molecule has 41 heavy (non-hydrogen) atoms. The highest BCUT2D eigenvalue weighted by Crippen LogP contribution is 2.30. The molecule has 0 bridgehead atoms. The van der Waals surface area contributed by atoms with Gasteiger partial charge in [-0.2, -0.15) is 0 Å². The molecule has 222 valence electrons. The molecule has 0 spiro atoms. The summed E-state index contributed by atoms with van der Waals surface area (Å²) in [5.41, 5.74) is 1.80. The monoisotopic (exact) mass is 576 g/mol. The van der Waals surface area contributed by atoms with E-state index >= 15 is 0 Å². The van der Waals surface area contributed by atoms with Crippen LogP contribution in [0.4, 0.5) is 13.2 Å². The Morgan fingerprint density at radius 3 is 2.34 bits per heavy atom. The highest BCUT2D eigenvalue weighted by Gasteiger charge is 2.31. The van der Waals surface area contributed by atoms with Crippen molar-refractivity contribution in [1.29, 1.82) is 0 Å². The van der Waals surface area contributed by atoms with Gasteiger partial charge in [0.2, 0.25) is 0 Å². The van der Waals surface area contributed by atoms with E-state index in [0.29, 0.717) is 17.9 Å². The Bertz CT molecular complexity index is 1270. The fraction of sp³-hybridized carbons (Fsp3) is 0.333. The molecule has 0 aliphatic carbocycles. The van der Waals surface area contributed by atoms with Crippen molar-refractivity contribution in [1.82, 2.24) is 10.6 Å². The number of carboxylic acids is 1. The lowest BCUT2D eigenvalue weighted by atomic mass is 9.92. The van der Waals surface area contributed by atoms with Crippen molar-refractivity contribution < 1.29 is 42.1 Å². The number of rotatable bonds is 8. The van der Waals surface area contributed by atoms with Crippen molar-refractivity contribution in [3.8, 4) is 17.2 Å². The van der Waals surface area contributed by atoms with Gasteiger partial charge < -0.3 is 30.0 Å². The van der Waals surface area contributed by atoms with Crippen molar-refractivity contribution in [3.05, 3.63) is 89.5 Å². The average Bonchev–Trinajstić information content (AvgIpc) is 2.92. The van der Waals surface area contributed by atoms with Crippen LogP contribution in [0.25, 0.3) is 0 Å². The highest BCUT2D eigenvalue weighted by molar-refractivity contribution is 5.91. The van der Waals surface area contributed by atoms with Crippen molar-refractivity contribution >= 4 is 11.9 Å². The Hall–Kier alpha value is -4.09. The molecule has 1 aliphatic rings. The van der Waals surface area contributed by atoms with Crippen LogP contribution in [0.15, 0.2) is 72.8 Å². The number of benzene rings is 3. The van der Waals surface area contributed by atoms with Crippen LogP contribution in [0.2, 0.25) is 0 Å². The van der Waals surface area contributed by atoms with Crippen LogP contribution >= 0.6 is 0 Å². The van der Waals surface area contributed by atoms with Crippen LogP contribution in [0.3, 0.4) is 0 Å². The second kappa shape index (κ2) is 15.6. The summed E-state index contributed by atoms with van der Waals surface area (Å²) in [6.07, 6.45) is -2.70. The van der Waals surface area contributed by atoms with Gasteiger partial charge in [-0.05, 0) is 55.3 Å². The van der Waals surface area contributed by atoms with Gasteiger partial charge >= 0.3 is 18.3 Å². The number of hydrogen-bond acceptors (Lipinski definition) is 7. The number of methoxy groups -OCH3 is 1. The first-order valence-corrected chi connectivity index (χ1v) is 12.5. The van der Waals surface area contributed by atoms with Gasteiger partial charge in [0.25, 0.3) is 0 Å². The molecule has 1 aliphatic heterocycles. The Morgan fingerprint density at radius 1 is 1.02 bits per heavy atom. The van der Waals surface area contributed by atoms with Crippen LogP contribution in [-0.4, -0.2) is 43.1 Å². The standard InChI is InChI=1S/C20H23F3N2O2.C9H8O4.CH4/c1-26-18-10-9-16(27-20(21,22)23)12-15(18)13-25-17-8-5-11-24-19(17)14-6-3-2-4-7-14;1-6(10)13-8-5-3-2-4-7(8)9(11)12;/h2-4,6-7,9-10,12,17,19,24-25H,5,8,11,13H2,1H3;2-5H,1H3,(H,11,12);1H4/t17-,19-;;/m0../s1. The van der Waals surface area contributed by atoms with Gasteiger partial charge in [-0.25, -0.2) is 4.79 Å². The van der Waals surface area contributed by atoms with Crippen LogP contribution in [-0.2, 0) is 11.3 Å². The van der Waals surface area contributed by atoms with Gasteiger partial charge in [0.05, 0.1) is 7.11 Å². The van der Waals surface area contributed by atoms with Crippen molar-refractivity contribution in [3.63, 3.8) is 0 Å². The van der Waals surface area contributed by atoms with Crippen molar-refractivity contribution in [2.75, 3.05) is 13.7 Å². The molecule has 3 N–H and O–H groups in total. The summed E-state index contributed by atoms with van der Waals surface area (Å²) in [5, 5.41) is 15.7. The lowest BCUT2D eigenvalue weighted by molar-refractivity contribution is -0.274. The lowest BCUT2D eigenvalue weighted by Crippen LogP contribution is -2.45. The molecular formula is C30H35F3N2O6. The van der Waals surface area contributed by atoms with E-state index in [1.165, 1.54) is 49.9 Å². The Labute approximate surface area is 237 Å². The number of aromatic carboxylic acids is 1. The first-order chi connectivity index (χ1) is 19.1. The minimum atomic E-state index is -4.72. The normalized spacial score (nSPS) is 16.3. The number of nitrogens with one attached hydrogen (secondary N) is 2. The largest absolute Gasteiger partial charge is 0.573 e. The minimum Gasteiger partial charge on any atom is -0.496 e. The zero-order chi connectivity index (χ0) is 29.1. The van der Waals surface area contributed by atoms with E-state index in [1.807, 2.05) is 18.2 Å². The number of alkyl halides is 3. The van der Waals surface area contributed by atoms with E-state index in [0.717, 1.165) is 19.4 Å². The van der Waals surface area contributed by atoms with E-state index in [1.54, 1.807) is 12.1 Å². The summed E-state index contributed by atoms with van der Waals surface area (Å²) < 4.78 is 51.5. The summed E-state index contributed by atoms with van der Waals surface area (Å²) in [6, 6.07) is 20.6. The highest BCUT2D eigenvalue weighted by atomic mass is 19.4. The Kier molecular flexibility index (Phi) is 12.6. The summed E-state index contributed by atoms with van der Waals surface area (Å²) in [7, 11) is 1.50. The summed E-state index contributed by atoms with van der Waals surface area (Å²) in [6.45, 7) is 2.54. The second-order valence-corrected chi connectivity index (χ2v) is 8.89. The number of ether oxygens (including phenoxy) is 3.